The van der Waals surface area contributed by atoms with Gasteiger partial charge in [0.25, 0.3) is 0 Å². The third-order valence-corrected chi connectivity index (χ3v) is 1.22. The van der Waals surface area contributed by atoms with Crippen molar-refractivity contribution in [3.05, 3.63) is 0 Å². The third kappa shape index (κ3) is 24.5. The number of rotatable bonds is 3. The van der Waals surface area contributed by atoms with E-state index < -0.39 is 0 Å². The summed E-state index contributed by atoms with van der Waals surface area (Å²) in [6, 6.07) is 0. The molecule has 0 amide bonds. The highest BCUT2D eigenvalue weighted by Crippen LogP contribution is 1.97. The smallest absolute Gasteiger partial charge is 0.105 e. The van der Waals surface area contributed by atoms with Crippen LogP contribution >= 0.6 is 0 Å². The number of hydrogen-bond acceptors (Lipinski definition) is 2. The second-order valence-electron chi connectivity index (χ2n) is 2.73. The lowest BCUT2D eigenvalue weighted by Crippen LogP contribution is -2.06. The van der Waals surface area contributed by atoms with Crippen LogP contribution in [-0.4, -0.2) is 20.9 Å². The van der Waals surface area contributed by atoms with Gasteiger partial charge in [-0.1, -0.05) is 26.1 Å². The molecule has 10 heavy (non-hydrogen) atoms. The molecule has 0 aromatic rings. The number of hydrogen-bond donors (Lipinski definition) is 2. The van der Waals surface area contributed by atoms with Crippen molar-refractivity contribution in [2.45, 2.75) is 32.5 Å². The first-order valence-electron chi connectivity index (χ1n) is 4.09. The van der Waals surface area contributed by atoms with Gasteiger partial charge >= 0.3 is 0 Å². The van der Waals surface area contributed by atoms with Gasteiger partial charge in [0.1, 0.15) is 7.85 Å². The molecule has 0 spiro atoms. The van der Waals surface area contributed by atoms with Gasteiger partial charge in [-0.05, 0) is 19.5 Å². The predicted octanol–water partition coefficient (Wildman–Crippen LogP) is 0.132. The van der Waals surface area contributed by atoms with Crippen molar-refractivity contribution in [3.8, 4) is 0 Å². The molecule has 2 nitrogen and oxygen atoms in total. The van der Waals surface area contributed by atoms with Crippen molar-refractivity contribution >= 4 is 7.85 Å². The van der Waals surface area contributed by atoms with Gasteiger partial charge in [0.15, 0.2) is 0 Å². The van der Waals surface area contributed by atoms with E-state index in [1.807, 2.05) is 0 Å². The highest BCUT2D eigenvalue weighted by Gasteiger charge is 1.80. The molecule has 0 aromatic heterocycles. The molecule has 0 saturated heterocycles. The second kappa shape index (κ2) is 11.7. The van der Waals surface area contributed by atoms with Crippen LogP contribution in [0.4, 0.5) is 0 Å². The first-order chi connectivity index (χ1) is 4.68. The highest BCUT2D eigenvalue weighted by atomic mass is 14.6. The average Bonchev–Trinajstić information content (AvgIpc) is 1.91. The van der Waals surface area contributed by atoms with Crippen LogP contribution in [0.2, 0.25) is 5.82 Å². The Morgan fingerprint density at radius 2 is 1.60 bits per heavy atom. The molecule has 0 fully saturated rings. The van der Waals surface area contributed by atoms with Gasteiger partial charge in [0.05, 0.1) is 0 Å². The maximum Gasteiger partial charge on any atom is 0.105 e. The second-order valence-corrected chi connectivity index (χ2v) is 2.73. The van der Waals surface area contributed by atoms with E-state index in [1.54, 1.807) is 0 Å². The highest BCUT2D eigenvalue weighted by molar-refractivity contribution is 6.11. The summed E-state index contributed by atoms with van der Waals surface area (Å²) in [5.74, 6) is 0.884. The summed E-state index contributed by atoms with van der Waals surface area (Å²) in [6.07, 6.45) is 2.25. The van der Waals surface area contributed by atoms with Crippen LogP contribution in [0.3, 0.4) is 0 Å². The van der Waals surface area contributed by atoms with E-state index in [1.165, 1.54) is 6.42 Å². The van der Waals surface area contributed by atoms with Crippen LogP contribution in [0.25, 0.3) is 0 Å². The Labute approximate surface area is 65.8 Å². The van der Waals surface area contributed by atoms with Crippen LogP contribution in [0, 0.1) is 0 Å². The van der Waals surface area contributed by atoms with Crippen LogP contribution in [-0.2, 0) is 0 Å². The molecule has 0 aromatic carbocycles. The lowest BCUT2D eigenvalue weighted by Gasteiger charge is -1.90. The molecule has 1 unspecified atom stereocenters. The van der Waals surface area contributed by atoms with Crippen molar-refractivity contribution in [1.29, 1.82) is 0 Å². The summed E-state index contributed by atoms with van der Waals surface area (Å²) in [4.78, 5) is 0. The molecule has 4 N–H and O–H groups in total. The summed E-state index contributed by atoms with van der Waals surface area (Å²) in [7, 11) is 2.22. The Morgan fingerprint density at radius 1 is 1.30 bits per heavy atom. The van der Waals surface area contributed by atoms with Crippen molar-refractivity contribution in [1.82, 2.24) is 0 Å². The van der Waals surface area contributed by atoms with E-state index in [9.17, 15) is 0 Å². The third-order valence-electron chi connectivity index (χ3n) is 1.22. The quantitative estimate of drug-likeness (QED) is 0.553. The minimum absolute atomic E-state index is 0.719. The SMILES string of the molecule is BC(C)CC.NCCCN. The first-order valence-corrected chi connectivity index (χ1v) is 4.09. The zero-order valence-electron chi connectivity index (χ0n) is 7.56. The van der Waals surface area contributed by atoms with E-state index in [4.69, 9.17) is 11.5 Å². The van der Waals surface area contributed by atoms with Crippen molar-refractivity contribution in [2.24, 2.45) is 11.5 Å². The molecule has 0 rings (SSSR count). The summed E-state index contributed by atoms with van der Waals surface area (Å²) < 4.78 is 0. The minimum atomic E-state index is 0.719. The van der Waals surface area contributed by atoms with Gasteiger partial charge in [-0.3, -0.25) is 0 Å². The molecule has 3 heteroatoms. The van der Waals surface area contributed by atoms with E-state index >= 15 is 0 Å². The van der Waals surface area contributed by atoms with Gasteiger partial charge in [0.2, 0.25) is 0 Å². The summed E-state index contributed by atoms with van der Waals surface area (Å²) in [5.41, 5.74) is 10.1. The monoisotopic (exact) mass is 144 g/mol. The topological polar surface area (TPSA) is 52.0 Å². The normalized spacial score (nSPS) is 11.6. The van der Waals surface area contributed by atoms with Crippen molar-refractivity contribution < 1.29 is 0 Å². The minimum Gasteiger partial charge on any atom is -0.330 e. The molecular weight excluding hydrogens is 123 g/mol. The zero-order valence-corrected chi connectivity index (χ0v) is 7.56. The lowest BCUT2D eigenvalue weighted by atomic mass is 9.88. The molecule has 0 aliphatic heterocycles. The van der Waals surface area contributed by atoms with E-state index in [-0.39, 0.29) is 0 Å². The summed E-state index contributed by atoms with van der Waals surface area (Å²) in [6.45, 7) is 5.86. The largest absolute Gasteiger partial charge is 0.330 e. The fourth-order valence-electron chi connectivity index (χ4n) is 0.118. The van der Waals surface area contributed by atoms with Gasteiger partial charge in [0, 0.05) is 0 Å². The summed E-state index contributed by atoms with van der Waals surface area (Å²) >= 11 is 0. The first kappa shape index (κ1) is 12.6. The lowest BCUT2D eigenvalue weighted by molar-refractivity contribution is 0.844. The Bertz CT molecular complexity index is 46.9. The van der Waals surface area contributed by atoms with Crippen LogP contribution in [0.15, 0.2) is 0 Å². The van der Waals surface area contributed by atoms with Crippen molar-refractivity contribution in [3.63, 3.8) is 0 Å². The van der Waals surface area contributed by atoms with E-state index in [2.05, 4.69) is 21.7 Å². The Balaban J connectivity index is 0. The molecule has 0 saturated carbocycles. The molecule has 0 heterocycles. The molecule has 62 valence electrons. The molecule has 0 aliphatic carbocycles. The predicted molar refractivity (Wildman–Crippen MR) is 51.0 cm³/mol. The molecular formula is C7H21BN2. The van der Waals surface area contributed by atoms with E-state index in [0.29, 0.717) is 0 Å². The van der Waals surface area contributed by atoms with E-state index in [0.717, 1.165) is 25.3 Å². The number of nitrogens with two attached hydrogens (primary N) is 2. The standard InChI is InChI=1S/C4H11B.C3H10N2/c1-3-4(2)5;4-2-1-3-5/h4H,3,5H2,1-2H3;1-5H2. The van der Waals surface area contributed by atoms with Gasteiger partial charge in [-0.15, -0.1) is 0 Å². The van der Waals surface area contributed by atoms with Gasteiger partial charge in [-0.25, -0.2) is 0 Å². The molecule has 0 bridgehead atoms. The summed E-state index contributed by atoms with van der Waals surface area (Å²) in [5, 5.41) is 0. The van der Waals surface area contributed by atoms with Crippen LogP contribution in [0.1, 0.15) is 26.7 Å². The van der Waals surface area contributed by atoms with Crippen molar-refractivity contribution in [2.75, 3.05) is 13.1 Å². The fraction of sp³-hybridized carbons (Fsp3) is 1.00. The van der Waals surface area contributed by atoms with Crippen LogP contribution in [0.5, 0.6) is 0 Å². The average molecular weight is 144 g/mol. The maximum atomic E-state index is 5.06. The maximum absolute atomic E-state index is 5.06. The molecule has 0 aliphatic rings. The van der Waals surface area contributed by atoms with Gasteiger partial charge in [-0.2, -0.15) is 0 Å². The molecule has 1 atom stereocenters. The Morgan fingerprint density at radius 3 is 1.60 bits per heavy atom. The van der Waals surface area contributed by atoms with Crippen LogP contribution < -0.4 is 11.5 Å². The zero-order chi connectivity index (χ0) is 8.41. The molecule has 0 radical (unpaired) electrons. The fourth-order valence-corrected chi connectivity index (χ4v) is 0.118. The Hall–Kier alpha value is -0.0151. The van der Waals surface area contributed by atoms with Gasteiger partial charge < -0.3 is 11.5 Å². The Kier molecular flexibility index (Phi) is 14.8.